The van der Waals surface area contributed by atoms with Gasteiger partial charge in [0.1, 0.15) is 16.4 Å². The molecule has 160 valence electrons. The first-order valence-corrected chi connectivity index (χ1v) is 11.3. The van der Waals surface area contributed by atoms with E-state index in [0.717, 1.165) is 62.9 Å². The second kappa shape index (κ2) is 9.85. The Kier molecular flexibility index (Phi) is 6.74. The Morgan fingerprint density at radius 2 is 1.74 bits per heavy atom. The lowest BCUT2D eigenvalue weighted by Crippen LogP contribution is -1.98. The SMILES string of the molecule is CCOc1ccc(-c2nc(-c3cnc4ccc(CCCO)cc4n3)cs2)cc1OCC. The molecule has 0 aliphatic carbocycles. The van der Waals surface area contributed by atoms with Crippen molar-refractivity contribution in [3.63, 3.8) is 0 Å². The molecule has 0 amide bonds. The fourth-order valence-corrected chi connectivity index (χ4v) is 4.14. The normalized spacial score (nSPS) is 11.1. The monoisotopic (exact) mass is 435 g/mol. The summed E-state index contributed by atoms with van der Waals surface area (Å²) in [5.74, 6) is 1.46. The van der Waals surface area contributed by atoms with Gasteiger partial charge in [-0.15, -0.1) is 11.3 Å². The molecule has 0 fully saturated rings. The van der Waals surface area contributed by atoms with E-state index in [1.165, 1.54) is 0 Å². The van der Waals surface area contributed by atoms with Gasteiger partial charge in [0.15, 0.2) is 11.5 Å². The smallest absolute Gasteiger partial charge is 0.161 e. The van der Waals surface area contributed by atoms with Gasteiger partial charge in [-0.2, -0.15) is 0 Å². The van der Waals surface area contributed by atoms with Crippen LogP contribution in [0.15, 0.2) is 48.0 Å². The van der Waals surface area contributed by atoms with E-state index in [2.05, 4.69) is 4.98 Å². The molecule has 0 saturated carbocycles. The highest BCUT2D eigenvalue weighted by Gasteiger charge is 2.13. The van der Waals surface area contributed by atoms with Gasteiger partial charge >= 0.3 is 0 Å². The van der Waals surface area contributed by atoms with Gasteiger partial charge in [0, 0.05) is 17.6 Å². The molecule has 0 atom stereocenters. The number of aliphatic hydroxyl groups excluding tert-OH is 1. The third-order valence-corrected chi connectivity index (χ3v) is 5.68. The van der Waals surface area contributed by atoms with Gasteiger partial charge in [0.05, 0.1) is 30.4 Å². The van der Waals surface area contributed by atoms with Crippen LogP contribution in [0.1, 0.15) is 25.8 Å². The molecule has 0 aliphatic heterocycles. The van der Waals surface area contributed by atoms with Crippen LogP contribution in [0.3, 0.4) is 0 Å². The van der Waals surface area contributed by atoms with E-state index >= 15 is 0 Å². The average molecular weight is 436 g/mol. The molecule has 6 nitrogen and oxygen atoms in total. The van der Waals surface area contributed by atoms with E-state index in [1.54, 1.807) is 17.5 Å². The minimum atomic E-state index is 0.182. The summed E-state index contributed by atoms with van der Waals surface area (Å²) in [6.45, 7) is 5.25. The van der Waals surface area contributed by atoms with Crippen molar-refractivity contribution in [3.05, 3.63) is 53.5 Å². The topological polar surface area (TPSA) is 77.4 Å². The summed E-state index contributed by atoms with van der Waals surface area (Å²) in [7, 11) is 0. The van der Waals surface area contributed by atoms with E-state index in [4.69, 9.17) is 24.5 Å². The Hall–Kier alpha value is -3.03. The van der Waals surface area contributed by atoms with Crippen LogP contribution in [-0.4, -0.2) is 39.9 Å². The molecule has 0 aliphatic rings. The van der Waals surface area contributed by atoms with Crippen LogP contribution in [0.2, 0.25) is 0 Å². The maximum atomic E-state index is 9.07. The molecular formula is C24H25N3O3S. The number of ether oxygens (including phenoxy) is 2. The Bertz CT molecular complexity index is 1180. The van der Waals surface area contributed by atoms with Crippen molar-refractivity contribution in [1.82, 2.24) is 15.0 Å². The molecule has 1 N–H and O–H groups in total. The predicted molar refractivity (Wildman–Crippen MR) is 124 cm³/mol. The summed E-state index contributed by atoms with van der Waals surface area (Å²) in [6, 6.07) is 11.9. The third-order valence-electron chi connectivity index (χ3n) is 4.79. The molecule has 7 heteroatoms. The van der Waals surface area contributed by atoms with Gasteiger partial charge in [-0.3, -0.25) is 4.98 Å². The molecule has 2 heterocycles. The van der Waals surface area contributed by atoms with Crippen LogP contribution in [0.5, 0.6) is 11.5 Å². The Balaban J connectivity index is 1.63. The summed E-state index contributed by atoms with van der Waals surface area (Å²) in [5.41, 5.74) is 5.34. The number of hydrogen-bond acceptors (Lipinski definition) is 7. The van der Waals surface area contributed by atoms with E-state index in [9.17, 15) is 0 Å². The summed E-state index contributed by atoms with van der Waals surface area (Å²) < 4.78 is 11.4. The number of fused-ring (bicyclic) bond motifs is 1. The molecule has 4 rings (SSSR count). The van der Waals surface area contributed by atoms with Crippen molar-refractivity contribution >= 4 is 22.4 Å². The lowest BCUT2D eigenvalue weighted by molar-refractivity contribution is 0.288. The molecule has 2 aromatic carbocycles. The molecular weight excluding hydrogens is 410 g/mol. The zero-order valence-electron chi connectivity index (χ0n) is 17.7. The highest BCUT2D eigenvalue weighted by Crippen LogP contribution is 2.35. The quantitative estimate of drug-likeness (QED) is 0.392. The Morgan fingerprint density at radius 1 is 0.903 bits per heavy atom. The van der Waals surface area contributed by atoms with Crippen molar-refractivity contribution in [3.8, 4) is 33.5 Å². The summed E-state index contributed by atoms with van der Waals surface area (Å²) in [4.78, 5) is 14.1. The number of nitrogens with zero attached hydrogens (tertiary/aromatic N) is 3. The maximum absolute atomic E-state index is 9.07. The van der Waals surface area contributed by atoms with Crippen molar-refractivity contribution in [1.29, 1.82) is 0 Å². The standard InChI is InChI=1S/C24H25N3O3S/c1-3-29-22-10-8-17(13-23(22)30-4-2)24-27-21(15-31-24)20-14-25-18-9-7-16(6-5-11-28)12-19(18)26-20/h7-10,12-15,28H,3-6,11H2,1-2H3. The van der Waals surface area contributed by atoms with Gasteiger partial charge in [0.2, 0.25) is 0 Å². The Morgan fingerprint density at radius 3 is 2.55 bits per heavy atom. The fourth-order valence-electron chi connectivity index (χ4n) is 3.33. The van der Waals surface area contributed by atoms with Crippen molar-refractivity contribution < 1.29 is 14.6 Å². The van der Waals surface area contributed by atoms with Crippen LogP contribution in [0.4, 0.5) is 0 Å². The number of aliphatic hydroxyl groups is 1. The van der Waals surface area contributed by atoms with Crippen LogP contribution < -0.4 is 9.47 Å². The van der Waals surface area contributed by atoms with Gasteiger partial charge in [0.25, 0.3) is 0 Å². The van der Waals surface area contributed by atoms with Crippen molar-refractivity contribution in [2.45, 2.75) is 26.7 Å². The van der Waals surface area contributed by atoms with Crippen molar-refractivity contribution in [2.24, 2.45) is 0 Å². The van der Waals surface area contributed by atoms with Crippen LogP contribution in [0.25, 0.3) is 33.0 Å². The van der Waals surface area contributed by atoms with Crippen molar-refractivity contribution in [2.75, 3.05) is 19.8 Å². The van der Waals surface area contributed by atoms with E-state index in [1.807, 2.05) is 55.6 Å². The third kappa shape index (κ3) is 4.84. The summed E-state index contributed by atoms with van der Waals surface area (Å²) in [6.07, 6.45) is 3.32. The second-order valence-electron chi connectivity index (χ2n) is 6.97. The molecule has 0 bridgehead atoms. The zero-order valence-corrected chi connectivity index (χ0v) is 18.5. The van der Waals surface area contributed by atoms with Gasteiger partial charge in [-0.05, 0) is 62.6 Å². The van der Waals surface area contributed by atoms with Gasteiger partial charge < -0.3 is 14.6 Å². The lowest BCUT2D eigenvalue weighted by atomic mass is 10.1. The molecule has 4 aromatic rings. The molecule has 0 saturated heterocycles. The first-order chi connectivity index (χ1) is 15.2. The van der Waals surface area contributed by atoms with Crippen LogP contribution in [-0.2, 0) is 6.42 Å². The largest absolute Gasteiger partial charge is 0.490 e. The number of benzene rings is 2. The average Bonchev–Trinajstić information content (AvgIpc) is 3.29. The predicted octanol–water partition coefficient (Wildman–Crippen LogP) is 5.14. The highest BCUT2D eigenvalue weighted by molar-refractivity contribution is 7.13. The molecule has 0 radical (unpaired) electrons. The van der Waals surface area contributed by atoms with Crippen LogP contribution >= 0.6 is 11.3 Å². The summed E-state index contributed by atoms with van der Waals surface area (Å²) in [5, 5.41) is 12.0. The number of aryl methyl sites for hydroxylation is 1. The minimum Gasteiger partial charge on any atom is -0.490 e. The first-order valence-electron chi connectivity index (χ1n) is 10.4. The lowest BCUT2D eigenvalue weighted by Gasteiger charge is -2.11. The maximum Gasteiger partial charge on any atom is 0.161 e. The van der Waals surface area contributed by atoms with E-state index in [0.29, 0.717) is 13.2 Å². The van der Waals surface area contributed by atoms with Gasteiger partial charge in [-0.25, -0.2) is 9.97 Å². The molecule has 2 aromatic heterocycles. The van der Waals surface area contributed by atoms with Gasteiger partial charge in [-0.1, -0.05) is 6.07 Å². The number of aromatic nitrogens is 3. The molecule has 0 spiro atoms. The fraction of sp³-hybridized carbons (Fsp3) is 0.292. The van der Waals surface area contributed by atoms with E-state index in [-0.39, 0.29) is 6.61 Å². The van der Waals surface area contributed by atoms with Crippen LogP contribution in [0, 0.1) is 0 Å². The molecule has 31 heavy (non-hydrogen) atoms. The molecule has 0 unspecified atom stereocenters. The highest BCUT2D eigenvalue weighted by atomic mass is 32.1. The van der Waals surface area contributed by atoms with E-state index < -0.39 is 0 Å². The number of rotatable bonds is 9. The second-order valence-corrected chi connectivity index (χ2v) is 7.83. The Labute approximate surface area is 185 Å². The number of hydrogen-bond donors (Lipinski definition) is 1. The zero-order chi connectivity index (χ0) is 21.6. The minimum absolute atomic E-state index is 0.182. The summed E-state index contributed by atoms with van der Waals surface area (Å²) >= 11 is 1.56. The first kappa shape index (κ1) is 21.2. The number of thiazole rings is 1.